The lowest BCUT2D eigenvalue weighted by Crippen LogP contribution is -2.55. The summed E-state index contributed by atoms with van der Waals surface area (Å²) in [5.41, 5.74) is 2.50. The maximum Gasteiger partial charge on any atom is 0.276 e. The van der Waals surface area contributed by atoms with Gasteiger partial charge in [0.2, 0.25) is 11.8 Å². The Bertz CT molecular complexity index is 1060. The molecule has 168 valence electrons. The summed E-state index contributed by atoms with van der Waals surface area (Å²) in [7, 11) is 0. The van der Waals surface area contributed by atoms with Crippen LogP contribution in [0.2, 0.25) is 10.0 Å². The Morgan fingerprint density at radius 1 is 1.19 bits per heavy atom. The average molecular weight is 482 g/mol. The van der Waals surface area contributed by atoms with Crippen LogP contribution in [0.1, 0.15) is 19.8 Å². The number of hydrogen-bond donors (Lipinski definition) is 1. The fourth-order valence-corrected chi connectivity index (χ4v) is 3.53. The van der Waals surface area contributed by atoms with Crippen molar-refractivity contribution >= 4 is 52.5 Å². The Kier molecular flexibility index (Phi) is 7.32. The van der Waals surface area contributed by atoms with Gasteiger partial charge in [0.25, 0.3) is 11.8 Å². The first-order valence-corrected chi connectivity index (χ1v) is 10.3. The molecule has 0 bridgehead atoms. The van der Waals surface area contributed by atoms with Crippen LogP contribution in [-0.4, -0.2) is 41.3 Å². The molecule has 2 aromatic rings. The van der Waals surface area contributed by atoms with E-state index >= 15 is 0 Å². The third-order valence-electron chi connectivity index (χ3n) is 4.59. The molecule has 1 heterocycles. The van der Waals surface area contributed by atoms with Gasteiger partial charge in [-0.3, -0.25) is 24.6 Å². The van der Waals surface area contributed by atoms with Gasteiger partial charge in [-0.2, -0.15) is 0 Å². The highest BCUT2D eigenvalue weighted by atomic mass is 35.5. The predicted molar refractivity (Wildman–Crippen MR) is 115 cm³/mol. The summed E-state index contributed by atoms with van der Waals surface area (Å²) in [4.78, 5) is 51.1. The Balaban J connectivity index is 1.72. The fraction of sp³-hybridized carbons (Fsp3) is 0.238. The number of rotatable bonds is 6. The van der Waals surface area contributed by atoms with Crippen molar-refractivity contribution in [3.8, 4) is 5.75 Å². The summed E-state index contributed by atoms with van der Waals surface area (Å²) in [6.45, 7) is 1.04. The van der Waals surface area contributed by atoms with Crippen LogP contribution in [0.15, 0.2) is 42.5 Å². The number of benzene rings is 2. The van der Waals surface area contributed by atoms with Gasteiger partial charge < -0.3 is 4.74 Å². The van der Waals surface area contributed by atoms with E-state index in [1.807, 2.05) is 0 Å². The molecule has 8 nitrogen and oxygen atoms in total. The van der Waals surface area contributed by atoms with Gasteiger partial charge in [-0.1, -0.05) is 30.1 Å². The van der Waals surface area contributed by atoms with E-state index in [1.165, 1.54) is 30.3 Å². The second kappa shape index (κ2) is 9.97. The van der Waals surface area contributed by atoms with Gasteiger partial charge >= 0.3 is 0 Å². The molecule has 1 aliphatic heterocycles. The lowest BCUT2D eigenvalue weighted by Gasteiger charge is -2.27. The van der Waals surface area contributed by atoms with Crippen LogP contribution >= 0.6 is 23.2 Å². The zero-order chi connectivity index (χ0) is 23.4. The van der Waals surface area contributed by atoms with Crippen molar-refractivity contribution in [2.75, 3.05) is 11.5 Å². The molecular weight excluding hydrogens is 464 g/mol. The number of anilines is 1. The minimum absolute atomic E-state index is 0.0291. The summed E-state index contributed by atoms with van der Waals surface area (Å²) in [5, 5.41) is 1.42. The summed E-state index contributed by atoms with van der Waals surface area (Å²) >= 11 is 11.8. The van der Waals surface area contributed by atoms with E-state index in [0.717, 1.165) is 22.0 Å². The topological polar surface area (TPSA) is 96.0 Å². The van der Waals surface area contributed by atoms with Crippen molar-refractivity contribution in [3.05, 3.63) is 58.3 Å². The second-order valence-corrected chi connectivity index (χ2v) is 7.62. The Morgan fingerprint density at radius 3 is 2.50 bits per heavy atom. The van der Waals surface area contributed by atoms with Gasteiger partial charge in [0.1, 0.15) is 17.6 Å². The molecule has 0 radical (unpaired) electrons. The molecule has 1 aliphatic rings. The first kappa shape index (κ1) is 23.5. The van der Waals surface area contributed by atoms with Gasteiger partial charge in [0, 0.05) is 11.4 Å². The number of imide groups is 1. The van der Waals surface area contributed by atoms with Gasteiger partial charge in [0.15, 0.2) is 6.61 Å². The van der Waals surface area contributed by atoms with Gasteiger partial charge in [0.05, 0.1) is 17.1 Å². The summed E-state index contributed by atoms with van der Waals surface area (Å²) in [5.74, 6) is -2.94. The van der Waals surface area contributed by atoms with Gasteiger partial charge in [-0.05, 0) is 42.5 Å². The van der Waals surface area contributed by atoms with E-state index in [9.17, 15) is 23.6 Å². The number of nitrogens with one attached hydrogen (secondary N) is 1. The van der Waals surface area contributed by atoms with Crippen LogP contribution in [0.5, 0.6) is 5.75 Å². The van der Waals surface area contributed by atoms with Gasteiger partial charge in [-0.15, -0.1) is 0 Å². The highest BCUT2D eigenvalue weighted by Gasteiger charge is 2.45. The maximum atomic E-state index is 13.2. The molecule has 1 unspecified atom stereocenters. The van der Waals surface area contributed by atoms with Gasteiger partial charge in [-0.25, -0.2) is 14.3 Å². The Hall–Kier alpha value is -3.17. The quantitative estimate of drug-likeness (QED) is 0.505. The number of amides is 4. The summed E-state index contributed by atoms with van der Waals surface area (Å²) < 4.78 is 18.5. The molecule has 1 N–H and O–H groups in total. The highest BCUT2D eigenvalue weighted by Crippen LogP contribution is 2.28. The van der Waals surface area contributed by atoms with Crippen LogP contribution in [0.25, 0.3) is 0 Å². The third-order valence-corrected chi connectivity index (χ3v) is 5.12. The molecule has 32 heavy (non-hydrogen) atoms. The molecule has 4 amide bonds. The first-order valence-electron chi connectivity index (χ1n) is 9.53. The van der Waals surface area contributed by atoms with E-state index in [1.54, 1.807) is 6.92 Å². The number of hydrogen-bond acceptors (Lipinski definition) is 5. The third kappa shape index (κ3) is 5.17. The Labute approximate surface area is 192 Å². The predicted octanol–water partition coefficient (Wildman–Crippen LogP) is 3.11. The standard InChI is InChI=1S/C21H18Cl2FN3O5/c1-2-19(29)27(25-18(28)11-32-17-8-3-12(22)9-15(17)23)16-10-20(30)26(21(16)31)14-6-4-13(24)5-7-14/h3-9,16H,2,10-11H2,1H3,(H,25,28). The lowest BCUT2D eigenvalue weighted by atomic mass is 10.2. The minimum atomic E-state index is -1.25. The number of hydrazine groups is 1. The molecule has 0 aromatic heterocycles. The van der Waals surface area contributed by atoms with E-state index in [0.29, 0.717) is 5.02 Å². The van der Waals surface area contributed by atoms with Crippen molar-refractivity contribution in [1.29, 1.82) is 0 Å². The van der Waals surface area contributed by atoms with Crippen LogP contribution in [0.4, 0.5) is 10.1 Å². The van der Waals surface area contributed by atoms with E-state index in [-0.39, 0.29) is 29.3 Å². The van der Waals surface area contributed by atoms with Crippen LogP contribution < -0.4 is 15.1 Å². The summed E-state index contributed by atoms with van der Waals surface area (Å²) in [6, 6.07) is 7.98. The molecular formula is C21H18Cl2FN3O5. The van der Waals surface area contributed by atoms with Crippen molar-refractivity contribution in [1.82, 2.24) is 10.4 Å². The number of carbonyl (C=O) groups is 4. The van der Waals surface area contributed by atoms with Crippen molar-refractivity contribution in [2.24, 2.45) is 0 Å². The Morgan fingerprint density at radius 2 is 1.88 bits per heavy atom. The van der Waals surface area contributed by atoms with Crippen molar-refractivity contribution < 1.29 is 28.3 Å². The number of halogens is 3. The summed E-state index contributed by atoms with van der Waals surface area (Å²) in [6.07, 6.45) is -0.370. The lowest BCUT2D eigenvalue weighted by molar-refractivity contribution is -0.148. The SMILES string of the molecule is CCC(=O)N(NC(=O)COc1ccc(Cl)cc1Cl)C1CC(=O)N(c2ccc(F)cc2)C1=O. The zero-order valence-electron chi connectivity index (χ0n) is 16.8. The average Bonchev–Trinajstić information content (AvgIpc) is 3.05. The second-order valence-electron chi connectivity index (χ2n) is 6.78. The van der Waals surface area contributed by atoms with E-state index < -0.39 is 42.1 Å². The number of ether oxygens (including phenoxy) is 1. The number of carbonyl (C=O) groups excluding carboxylic acids is 4. The van der Waals surface area contributed by atoms with Crippen LogP contribution in [-0.2, 0) is 19.2 Å². The molecule has 1 atom stereocenters. The first-order chi connectivity index (χ1) is 15.2. The fourth-order valence-electron chi connectivity index (χ4n) is 3.07. The molecule has 0 saturated carbocycles. The molecule has 3 rings (SSSR count). The van der Waals surface area contributed by atoms with Crippen LogP contribution in [0, 0.1) is 5.82 Å². The van der Waals surface area contributed by atoms with Crippen LogP contribution in [0.3, 0.4) is 0 Å². The largest absolute Gasteiger partial charge is 0.482 e. The molecule has 2 aromatic carbocycles. The molecule has 1 fully saturated rings. The highest BCUT2D eigenvalue weighted by molar-refractivity contribution is 6.35. The van der Waals surface area contributed by atoms with Crippen molar-refractivity contribution in [2.45, 2.75) is 25.8 Å². The van der Waals surface area contributed by atoms with E-state index in [2.05, 4.69) is 5.43 Å². The van der Waals surface area contributed by atoms with Crippen molar-refractivity contribution in [3.63, 3.8) is 0 Å². The maximum absolute atomic E-state index is 13.2. The zero-order valence-corrected chi connectivity index (χ0v) is 18.3. The normalized spacial score (nSPS) is 15.6. The van der Waals surface area contributed by atoms with E-state index in [4.69, 9.17) is 27.9 Å². The smallest absolute Gasteiger partial charge is 0.276 e. The molecule has 1 saturated heterocycles. The molecule has 0 spiro atoms. The molecule has 0 aliphatic carbocycles. The molecule has 11 heteroatoms. The monoisotopic (exact) mass is 481 g/mol. The minimum Gasteiger partial charge on any atom is -0.482 e. The number of nitrogens with zero attached hydrogens (tertiary/aromatic N) is 2.